The van der Waals surface area contributed by atoms with E-state index < -0.39 is 87.8 Å². The second-order valence-corrected chi connectivity index (χ2v) is 29.3. The molecule has 0 unspecified atom stereocenters. The zero-order valence-electron chi connectivity index (χ0n) is 60.5. The molecular weight excluding hydrogens is 1190 g/mol. The highest BCUT2D eigenvalue weighted by molar-refractivity contribution is 5.97. The number of unbranched alkanes of at least 4 members (excludes halogenated alkanes) is 2. The van der Waals surface area contributed by atoms with Gasteiger partial charge in [-0.2, -0.15) is 0 Å². The minimum absolute atomic E-state index is 0.0177. The van der Waals surface area contributed by atoms with Crippen molar-refractivity contribution in [3.63, 3.8) is 0 Å². The van der Waals surface area contributed by atoms with Gasteiger partial charge in [-0.1, -0.05) is 145 Å². The fourth-order valence-corrected chi connectivity index (χ4v) is 12.3. The molecule has 2 heterocycles. The third kappa shape index (κ3) is 21.0. The lowest BCUT2D eigenvalue weighted by atomic mass is 9.76. The molecule has 0 saturated carbocycles. The largest absolute Gasteiger partial charge is 0.480 e. The van der Waals surface area contributed by atoms with Crippen molar-refractivity contribution in [2.24, 2.45) is 48.2 Å². The minimum atomic E-state index is -1.11. The number of carboxylic acid groups (broad SMARTS) is 2. The number of carbonyl (C=O) groups is 8. The van der Waals surface area contributed by atoms with Crippen molar-refractivity contribution in [2.75, 3.05) is 41.3 Å². The maximum absolute atomic E-state index is 14.2. The molecule has 4 aromatic rings. The van der Waals surface area contributed by atoms with Crippen molar-refractivity contribution in [1.82, 2.24) is 50.8 Å². The SMILES string of the molecule is CN[C@H](C(=O)N[C@H](C(=O)N(C)[C@H](/C=C(\C)C(=O)NCCCC[C@@H](N)C(=O)O)C(C)C)C(C)(C)C)C(C)(C)c1cn(C)c2ccccc12.CN[C@H](C(=O)N[C@H](C(=O)N(C)[C@H](/C=C(\C)C(=O)N[C@@H](CCCCN)C(=O)O)C(C)C)C(C)(C)C)C(C)(C)c1cn(C)c2ccccc12. The van der Waals surface area contributed by atoms with Crippen LogP contribution in [0.1, 0.15) is 160 Å². The first kappa shape index (κ1) is 80.8. The van der Waals surface area contributed by atoms with Crippen LogP contribution in [0.4, 0.5) is 0 Å². The molecule has 524 valence electrons. The zero-order valence-corrected chi connectivity index (χ0v) is 60.5. The first-order valence-corrected chi connectivity index (χ1v) is 33.0. The highest BCUT2D eigenvalue weighted by atomic mass is 16.4. The number of likely N-dealkylation sites (N-methyl/N-ethyl adjacent to an activating group) is 4. The molecule has 22 nitrogen and oxygen atoms in total. The van der Waals surface area contributed by atoms with Gasteiger partial charge >= 0.3 is 11.9 Å². The van der Waals surface area contributed by atoms with E-state index in [1.54, 1.807) is 64.0 Å². The molecule has 22 heteroatoms. The number of hydrogen-bond acceptors (Lipinski definition) is 12. The number of aliphatic carboxylic acids is 2. The molecule has 2 aromatic heterocycles. The molecule has 0 bridgehead atoms. The predicted molar refractivity (Wildman–Crippen MR) is 376 cm³/mol. The molecule has 0 radical (unpaired) electrons. The van der Waals surface area contributed by atoms with E-state index in [1.165, 1.54) is 0 Å². The Bertz CT molecular complexity index is 3310. The average Bonchev–Trinajstić information content (AvgIpc) is 1.57. The van der Waals surface area contributed by atoms with Gasteiger partial charge < -0.3 is 72.5 Å². The van der Waals surface area contributed by atoms with Crippen molar-refractivity contribution in [3.05, 3.63) is 95.3 Å². The molecule has 0 aliphatic heterocycles. The second kappa shape index (κ2) is 34.8. The van der Waals surface area contributed by atoms with Crippen LogP contribution in [-0.4, -0.2) is 166 Å². The van der Waals surface area contributed by atoms with Gasteiger partial charge in [-0.3, -0.25) is 33.6 Å². The number of carbonyl (C=O) groups excluding carboxylic acids is 6. The summed E-state index contributed by atoms with van der Waals surface area (Å²) in [5.41, 5.74) is 13.5. The van der Waals surface area contributed by atoms with E-state index in [4.69, 9.17) is 16.6 Å². The molecule has 0 fully saturated rings. The molecule has 8 atom stereocenters. The third-order valence-corrected chi connectivity index (χ3v) is 18.1. The quantitative estimate of drug-likeness (QED) is 0.0168. The Kier molecular flexibility index (Phi) is 30.0. The van der Waals surface area contributed by atoms with Gasteiger partial charge in [0.1, 0.15) is 24.2 Å². The third-order valence-electron chi connectivity index (χ3n) is 18.1. The van der Waals surface area contributed by atoms with Gasteiger partial charge in [-0.15, -0.1) is 0 Å². The Morgan fingerprint density at radius 1 is 0.553 bits per heavy atom. The molecule has 0 saturated heterocycles. The van der Waals surface area contributed by atoms with Crippen LogP contribution >= 0.6 is 0 Å². The molecular formula is C72H116N12O10. The number of nitrogens with one attached hydrogen (secondary N) is 6. The molecule has 12 N–H and O–H groups in total. The summed E-state index contributed by atoms with van der Waals surface area (Å²) in [6.45, 7) is 31.6. The zero-order chi connectivity index (χ0) is 71.7. The predicted octanol–water partition coefficient (Wildman–Crippen LogP) is 7.41. The van der Waals surface area contributed by atoms with Crippen LogP contribution < -0.4 is 43.4 Å². The number of benzene rings is 2. The molecule has 0 aliphatic rings. The Labute approximate surface area is 559 Å². The van der Waals surface area contributed by atoms with Gasteiger partial charge in [0.05, 0.1) is 24.2 Å². The number of para-hydroxylation sites is 2. The van der Waals surface area contributed by atoms with Gasteiger partial charge in [0.25, 0.3) is 0 Å². The minimum Gasteiger partial charge on any atom is -0.480 e. The maximum Gasteiger partial charge on any atom is 0.326 e. The van der Waals surface area contributed by atoms with Crippen molar-refractivity contribution < 1.29 is 48.6 Å². The van der Waals surface area contributed by atoms with Crippen LogP contribution in [0.25, 0.3) is 21.8 Å². The van der Waals surface area contributed by atoms with Crippen LogP contribution in [0, 0.1) is 22.7 Å². The second-order valence-electron chi connectivity index (χ2n) is 29.3. The fraction of sp³-hybridized carbons (Fsp3) is 0.611. The first-order chi connectivity index (χ1) is 43.5. The molecule has 0 aliphatic carbocycles. The topological polar surface area (TPSA) is 318 Å². The lowest BCUT2D eigenvalue weighted by molar-refractivity contribution is -0.141. The van der Waals surface area contributed by atoms with Crippen LogP contribution in [0.15, 0.2) is 84.2 Å². The summed E-state index contributed by atoms with van der Waals surface area (Å²) in [7, 11) is 10.9. The summed E-state index contributed by atoms with van der Waals surface area (Å²) >= 11 is 0. The van der Waals surface area contributed by atoms with E-state index in [0.717, 1.165) is 32.9 Å². The smallest absolute Gasteiger partial charge is 0.326 e. The Morgan fingerprint density at radius 2 is 0.936 bits per heavy atom. The van der Waals surface area contributed by atoms with Gasteiger partial charge in [0.15, 0.2) is 0 Å². The van der Waals surface area contributed by atoms with Crippen molar-refractivity contribution in [3.8, 4) is 0 Å². The lowest BCUT2D eigenvalue weighted by Gasteiger charge is -2.39. The summed E-state index contributed by atoms with van der Waals surface area (Å²) in [5, 5.41) is 38.7. The van der Waals surface area contributed by atoms with Gasteiger partial charge in [0, 0.05) is 90.9 Å². The van der Waals surface area contributed by atoms with Crippen LogP contribution in [0.3, 0.4) is 0 Å². The Balaban J connectivity index is 0.000000490. The van der Waals surface area contributed by atoms with Crippen LogP contribution in [0.5, 0.6) is 0 Å². The summed E-state index contributed by atoms with van der Waals surface area (Å²) < 4.78 is 4.12. The lowest BCUT2D eigenvalue weighted by Crippen LogP contribution is -2.61. The number of nitrogens with two attached hydrogens (primary N) is 2. The van der Waals surface area contributed by atoms with Gasteiger partial charge in [-0.25, -0.2) is 4.79 Å². The number of rotatable bonds is 32. The summed E-state index contributed by atoms with van der Waals surface area (Å²) in [6, 6.07) is 10.3. The number of fused-ring (bicyclic) bond motifs is 2. The molecule has 94 heavy (non-hydrogen) atoms. The van der Waals surface area contributed by atoms with E-state index in [0.29, 0.717) is 56.3 Å². The van der Waals surface area contributed by atoms with E-state index in [9.17, 15) is 43.5 Å². The van der Waals surface area contributed by atoms with E-state index in [1.807, 2.05) is 141 Å². The van der Waals surface area contributed by atoms with Crippen LogP contribution in [0.2, 0.25) is 0 Å². The van der Waals surface area contributed by atoms with Gasteiger partial charge in [-0.05, 0) is 119 Å². The number of aromatic nitrogens is 2. The maximum atomic E-state index is 14.2. The number of amides is 6. The average molecular weight is 1310 g/mol. The van der Waals surface area contributed by atoms with Crippen molar-refractivity contribution in [1.29, 1.82) is 0 Å². The van der Waals surface area contributed by atoms with Crippen LogP contribution in [-0.2, 0) is 63.3 Å². The Morgan fingerprint density at radius 3 is 1.29 bits per heavy atom. The molecule has 0 spiro atoms. The summed E-state index contributed by atoms with van der Waals surface area (Å²) in [4.78, 5) is 108. The highest BCUT2D eigenvalue weighted by Gasteiger charge is 2.45. The van der Waals surface area contributed by atoms with E-state index >= 15 is 0 Å². The number of carboxylic acids is 2. The number of aryl methyl sites for hydroxylation is 2. The van der Waals surface area contributed by atoms with E-state index in [-0.39, 0.29) is 47.8 Å². The van der Waals surface area contributed by atoms with Gasteiger partial charge in [0.2, 0.25) is 35.4 Å². The highest BCUT2D eigenvalue weighted by Crippen LogP contribution is 2.37. The van der Waals surface area contributed by atoms with E-state index in [2.05, 4.69) is 71.6 Å². The molecule has 2 aromatic carbocycles. The normalized spacial score (nSPS) is 15.2. The number of nitrogens with zero attached hydrogens (tertiary/aromatic N) is 4. The van der Waals surface area contributed by atoms with Crippen molar-refractivity contribution in [2.45, 2.75) is 208 Å². The molecule has 4 rings (SSSR count). The standard InChI is InChI=1S/2C36H58N6O5/c1-22(2)28(20-23(3)31(43)39-19-15-14-17-26(37)34(46)47)42(11)33(45)30(35(4,5)6)40-32(44)29(38-9)36(7,8)25-21-41(10)27-18-13-12-16-24(25)27;1-22(2)28(20-23(3)31(43)39-26(34(46)47)17-14-15-19-37)42(11)33(45)30(35(4,5)6)40-32(44)29(38-9)36(7,8)25-21-41(10)27-18-13-12-16-24(25)27/h2*12-13,16,18,20-22,26,28-30,38H,14-15,17,19,37H2,1-11H3,(H,39,43)(H,40,44)(H,46,47)/b2*23-20+/t26-,28-,29-,30-;26-,28+,29+,30+/m10/s1. The monoisotopic (exact) mass is 1310 g/mol. The summed E-state index contributed by atoms with van der Waals surface area (Å²) in [6.07, 6.45) is 10.6. The van der Waals surface area contributed by atoms with Crippen molar-refractivity contribution >= 4 is 69.2 Å². The number of hydrogen-bond donors (Lipinski definition) is 10. The molecule has 6 amide bonds. The first-order valence-electron chi connectivity index (χ1n) is 33.0. The summed E-state index contributed by atoms with van der Waals surface area (Å²) in [5.74, 6) is -4.13. The fourth-order valence-electron chi connectivity index (χ4n) is 12.3. The Hall–Kier alpha value is -7.40.